The molecule has 0 amide bonds. The average Bonchev–Trinajstić information content (AvgIpc) is 2.95. The molecule has 17 heavy (non-hydrogen) atoms. The summed E-state index contributed by atoms with van der Waals surface area (Å²) in [5, 5.41) is 10.5. The molecule has 0 fully saturated rings. The van der Waals surface area contributed by atoms with E-state index in [1.807, 2.05) is 0 Å². The Morgan fingerprint density at radius 1 is 1.41 bits per heavy atom. The first-order valence-electron chi connectivity index (χ1n) is 4.78. The molecular weight excluding hydrogens is 224 g/mol. The molecule has 0 aliphatic heterocycles. The number of rotatable bonds is 2. The van der Waals surface area contributed by atoms with Gasteiger partial charge in [0.25, 0.3) is 0 Å². The van der Waals surface area contributed by atoms with Gasteiger partial charge in [0.1, 0.15) is 10.6 Å². The van der Waals surface area contributed by atoms with Gasteiger partial charge in [-0.3, -0.25) is 14.5 Å². The van der Waals surface area contributed by atoms with Crippen LogP contribution in [0, 0.1) is 10.1 Å². The van der Waals surface area contributed by atoms with Gasteiger partial charge in [-0.05, 0) is 12.1 Å². The van der Waals surface area contributed by atoms with E-state index in [0.29, 0.717) is 17.2 Å². The number of nitro groups is 1. The van der Waals surface area contributed by atoms with Crippen molar-refractivity contribution in [2.45, 2.75) is 0 Å². The lowest BCUT2D eigenvalue weighted by molar-refractivity contribution is -0.401. The van der Waals surface area contributed by atoms with Gasteiger partial charge in [-0.2, -0.15) is 0 Å². The maximum atomic E-state index is 10.5. The van der Waals surface area contributed by atoms with Gasteiger partial charge in [0.15, 0.2) is 5.76 Å². The molecule has 0 atom stereocenters. The highest BCUT2D eigenvalue weighted by Gasteiger charge is 2.15. The molecule has 7 heteroatoms. The summed E-state index contributed by atoms with van der Waals surface area (Å²) in [4.78, 5) is 18.1. The van der Waals surface area contributed by atoms with Crippen molar-refractivity contribution >= 4 is 11.7 Å². The van der Waals surface area contributed by atoms with Gasteiger partial charge in [0.2, 0.25) is 5.78 Å². The number of fused-ring (bicyclic) bond motifs is 1. The fraction of sp³-hybridized carbons (Fsp3) is 0. The predicted molar refractivity (Wildman–Crippen MR) is 57.3 cm³/mol. The van der Waals surface area contributed by atoms with E-state index in [-0.39, 0.29) is 5.88 Å². The highest BCUT2D eigenvalue weighted by molar-refractivity contribution is 5.56. The Balaban J connectivity index is 2.10. The first kappa shape index (κ1) is 9.52. The van der Waals surface area contributed by atoms with Crippen LogP contribution in [-0.2, 0) is 0 Å². The molecular formula is C10H6N4O3. The van der Waals surface area contributed by atoms with E-state index in [2.05, 4.69) is 9.97 Å². The summed E-state index contributed by atoms with van der Waals surface area (Å²) in [5.41, 5.74) is 0.511. The van der Waals surface area contributed by atoms with E-state index in [9.17, 15) is 10.1 Å². The largest absolute Gasteiger partial charge is 0.433 e. The molecule has 3 aromatic heterocycles. The second kappa shape index (κ2) is 3.41. The third kappa shape index (κ3) is 1.53. The van der Waals surface area contributed by atoms with E-state index in [1.165, 1.54) is 12.1 Å². The van der Waals surface area contributed by atoms with Crippen molar-refractivity contribution in [1.82, 2.24) is 14.4 Å². The molecule has 0 N–H and O–H groups in total. The third-order valence-electron chi connectivity index (χ3n) is 2.26. The quantitative estimate of drug-likeness (QED) is 0.495. The number of nitrogens with zero attached hydrogens (tertiary/aromatic N) is 4. The SMILES string of the molecule is O=[N+]([O-])c1ccc(-c2cn3cccnc3n2)o1. The average molecular weight is 230 g/mol. The van der Waals surface area contributed by atoms with Gasteiger partial charge in [-0.25, -0.2) is 9.97 Å². The van der Waals surface area contributed by atoms with Crippen molar-refractivity contribution in [3.63, 3.8) is 0 Å². The van der Waals surface area contributed by atoms with Gasteiger partial charge in [-0.15, -0.1) is 0 Å². The highest BCUT2D eigenvalue weighted by Crippen LogP contribution is 2.24. The van der Waals surface area contributed by atoms with Gasteiger partial charge in [0, 0.05) is 18.6 Å². The van der Waals surface area contributed by atoms with E-state index in [4.69, 9.17) is 4.42 Å². The van der Waals surface area contributed by atoms with Crippen molar-refractivity contribution in [2.75, 3.05) is 0 Å². The van der Waals surface area contributed by atoms with Crippen molar-refractivity contribution in [2.24, 2.45) is 0 Å². The third-order valence-corrected chi connectivity index (χ3v) is 2.26. The minimum absolute atomic E-state index is 0.301. The van der Waals surface area contributed by atoms with E-state index >= 15 is 0 Å². The van der Waals surface area contributed by atoms with E-state index in [0.717, 1.165) is 0 Å². The van der Waals surface area contributed by atoms with Crippen LogP contribution in [0.5, 0.6) is 0 Å². The predicted octanol–water partition coefficient (Wildman–Crippen LogP) is 1.90. The molecule has 0 spiro atoms. The molecule has 3 rings (SSSR count). The lowest BCUT2D eigenvalue weighted by atomic mass is 10.4. The zero-order chi connectivity index (χ0) is 11.8. The van der Waals surface area contributed by atoms with Gasteiger partial charge >= 0.3 is 5.88 Å². The Kier molecular flexibility index (Phi) is 1.91. The summed E-state index contributed by atoms with van der Waals surface area (Å²) in [7, 11) is 0. The Morgan fingerprint density at radius 2 is 2.29 bits per heavy atom. The molecule has 7 nitrogen and oxygen atoms in total. The van der Waals surface area contributed by atoms with Crippen molar-refractivity contribution < 1.29 is 9.34 Å². The van der Waals surface area contributed by atoms with Crippen LogP contribution < -0.4 is 0 Å². The number of hydrogen-bond acceptors (Lipinski definition) is 5. The van der Waals surface area contributed by atoms with E-state index in [1.54, 1.807) is 29.1 Å². The molecule has 0 saturated carbocycles. The summed E-state index contributed by atoms with van der Waals surface area (Å²) in [6.45, 7) is 0. The summed E-state index contributed by atoms with van der Waals surface area (Å²) in [5.74, 6) is 0.564. The van der Waals surface area contributed by atoms with Crippen LogP contribution in [0.4, 0.5) is 5.88 Å². The highest BCUT2D eigenvalue weighted by atomic mass is 16.6. The molecule has 0 aliphatic carbocycles. The molecule has 0 aliphatic rings. The van der Waals surface area contributed by atoms with Crippen molar-refractivity contribution in [1.29, 1.82) is 0 Å². The van der Waals surface area contributed by atoms with Gasteiger partial charge in [-0.1, -0.05) is 0 Å². The van der Waals surface area contributed by atoms with Crippen LogP contribution in [0.3, 0.4) is 0 Å². The van der Waals surface area contributed by atoms with Crippen LogP contribution in [-0.4, -0.2) is 19.3 Å². The van der Waals surface area contributed by atoms with Crippen LogP contribution in [0.15, 0.2) is 41.2 Å². The summed E-state index contributed by atoms with van der Waals surface area (Å²) in [6.07, 6.45) is 5.11. The first-order valence-corrected chi connectivity index (χ1v) is 4.78. The molecule has 0 saturated heterocycles. The topological polar surface area (TPSA) is 86.5 Å². The molecule has 3 aromatic rings. The van der Waals surface area contributed by atoms with Crippen molar-refractivity contribution in [3.05, 3.63) is 46.9 Å². The second-order valence-corrected chi connectivity index (χ2v) is 3.35. The maximum absolute atomic E-state index is 10.5. The number of furan rings is 1. The molecule has 0 bridgehead atoms. The Morgan fingerprint density at radius 3 is 3.00 bits per heavy atom. The van der Waals surface area contributed by atoms with Crippen LogP contribution >= 0.6 is 0 Å². The zero-order valence-corrected chi connectivity index (χ0v) is 8.48. The standard InChI is InChI=1S/C10H6N4O3/c15-14(16)9-3-2-8(17-9)7-6-13-5-1-4-11-10(13)12-7/h1-6H. The summed E-state index contributed by atoms with van der Waals surface area (Å²) >= 11 is 0. The minimum Gasteiger partial charge on any atom is -0.399 e. The van der Waals surface area contributed by atoms with Crippen LogP contribution in [0.1, 0.15) is 0 Å². The zero-order valence-electron chi connectivity index (χ0n) is 8.48. The maximum Gasteiger partial charge on any atom is 0.433 e. The lowest BCUT2D eigenvalue weighted by Crippen LogP contribution is -1.83. The number of hydrogen-bond donors (Lipinski definition) is 0. The Bertz CT molecular complexity index is 667. The number of aromatic nitrogens is 3. The molecule has 0 radical (unpaired) electrons. The molecule has 0 aromatic carbocycles. The van der Waals surface area contributed by atoms with Crippen molar-refractivity contribution in [3.8, 4) is 11.5 Å². The lowest BCUT2D eigenvalue weighted by Gasteiger charge is -1.86. The fourth-order valence-corrected chi connectivity index (χ4v) is 1.51. The molecule has 0 unspecified atom stereocenters. The molecule has 84 valence electrons. The van der Waals surface area contributed by atoms with Crippen LogP contribution in [0.25, 0.3) is 17.2 Å². The summed E-state index contributed by atoms with van der Waals surface area (Å²) < 4.78 is 6.77. The molecule has 3 heterocycles. The first-order chi connectivity index (χ1) is 8.24. The second-order valence-electron chi connectivity index (χ2n) is 3.35. The monoisotopic (exact) mass is 230 g/mol. The fourth-order valence-electron chi connectivity index (χ4n) is 1.51. The van der Waals surface area contributed by atoms with E-state index < -0.39 is 4.92 Å². The Labute approximate surface area is 94.5 Å². The van der Waals surface area contributed by atoms with Gasteiger partial charge in [0.05, 0.1) is 6.07 Å². The normalized spacial score (nSPS) is 10.8. The smallest absolute Gasteiger partial charge is 0.399 e. The Hall–Kier alpha value is -2.70. The van der Waals surface area contributed by atoms with Crippen LogP contribution in [0.2, 0.25) is 0 Å². The minimum atomic E-state index is -0.586. The number of imidazole rings is 1. The van der Waals surface area contributed by atoms with Gasteiger partial charge < -0.3 is 4.42 Å². The summed E-state index contributed by atoms with van der Waals surface area (Å²) in [6, 6.07) is 4.58.